The Balaban J connectivity index is 2.85. The SMILES string of the molecule is CC(C)(C)SCc1cc(F)cc(C(=O)O)c1. The molecule has 0 bridgehead atoms. The fourth-order valence-corrected chi connectivity index (χ4v) is 1.92. The summed E-state index contributed by atoms with van der Waals surface area (Å²) in [5.74, 6) is -0.979. The Morgan fingerprint density at radius 1 is 1.38 bits per heavy atom. The summed E-state index contributed by atoms with van der Waals surface area (Å²) in [5.41, 5.74) is 0.710. The van der Waals surface area contributed by atoms with Gasteiger partial charge < -0.3 is 5.11 Å². The molecule has 88 valence electrons. The van der Waals surface area contributed by atoms with E-state index in [4.69, 9.17) is 5.11 Å². The molecule has 0 aliphatic carbocycles. The van der Waals surface area contributed by atoms with E-state index >= 15 is 0 Å². The first kappa shape index (κ1) is 13.0. The minimum atomic E-state index is -1.10. The van der Waals surface area contributed by atoms with Crippen molar-refractivity contribution in [3.63, 3.8) is 0 Å². The van der Waals surface area contributed by atoms with Gasteiger partial charge in [-0.05, 0) is 23.8 Å². The van der Waals surface area contributed by atoms with E-state index < -0.39 is 11.8 Å². The van der Waals surface area contributed by atoms with Gasteiger partial charge in [0, 0.05) is 10.5 Å². The molecular weight excluding hydrogens is 227 g/mol. The van der Waals surface area contributed by atoms with E-state index in [1.54, 1.807) is 11.8 Å². The summed E-state index contributed by atoms with van der Waals surface area (Å²) in [6, 6.07) is 3.93. The van der Waals surface area contributed by atoms with E-state index in [2.05, 4.69) is 20.8 Å². The average Bonchev–Trinajstić information content (AvgIpc) is 2.13. The van der Waals surface area contributed by atoms with Gasteiger partial charge in [-0.25, -0.2) is 9.18 Å². The van der Waals surface area contributed by atoms with Crippen molar-refractivity contribution in [3.8, 4) is 0 Å². The van der Waals surface area contributed by atoms with Crippen LogP contribution in [0.5, 0.6) is 0 Å². The number of hydrogen-bond donors (Lipinski definition) is 1. The maximum Gasteiger partial charge on any atom is 0.335 e. The van der Waals surface area contributed by atoms with Gasteiger partial charge in [-0.2, -0.15) is 11.8 Å². The van der Waals surface area contributed by atoms with Crippen LogP contribution in [0.4, 0.5) is 4.39 Å². The number of carbonyl (C=O) groups is 1. The molecule has 0 spiro atoms. The Morgan fingerprint density at radius 3 is 2.50 bits per heavy atom. The fourth-order valence-electron chi connectivity index (χ4n) is 1.16. The van der Waals surface area contributed by atoms with Crippen LogP contribution >= 0.6 is 11.8 Å². The van der Waals surface area contributed by atoms with Gasteiger partial charge in [0.25, 0.3) is 0 Å². The summed E-state index contributed by atoms with van der Waals surface area (Å²) >= 11 is 1.66. The molecule has 0 radical (unpaired) electrons. The standard InChI is InChI=1S/C12H15FO2S/c1-12(2,3)16-7-8-4-9(11(14)15)6-10(13)5-8/h4-6H,7H2,1-3H3,(H,14,15). The molecule has 0 aromatic heterocycles. The van der Waals surface area contributed by atoms with E-state index in [1.807, 2.05) is 0 Å². The third-order valence-corrected chi connectivity index (χ3v) is 3.22. The van der Waals surface area contributed by atoms with Gasteiger partial charge in [0.05, 0.1) is 5.56 Å². The van der Waals surface area contributed by atoms with Crippen molar-refractivity contribution >= 4 is 17.7 Å². The monoisotopic (exact) mass is 242 g/mol. The van der Waals surface area contributed by atoms with Crippen LogP contribution in [-0.2, 0) is 5.75 Å². The van der Waals surface area contributed by atoms with Crippen molar-refractivity contribution in [1.82, 2.24) is 0 Å². The van der Waals surface area contributed by atoms with Crippen LogP contribution in [0.25, 0.3) is 0 Å². The van der Waals surface area contributed by atoms with E-state index in [9.17, 15) is 9.18 Å². The summed E-state index contributed by atoms with van der Waals surface area (Å²) in [6.45, 7) is 6.19. The van der Waals surface area contributed by atoms with E-state index in [0.29, 0.717) is 11.3 Å². The van der Waals surface area contributed by atoms with Crippen molar-refractivity contribution in [1.29, 1.82) is 0 Å². The van der Waals surface area contributed by atoms with Crippen LogP contribution in [0.15, 0.2) is 18.2 Å². The molecule has 1 aromatic rings. The van der Waals surface area contributed by atoms with Crippen molar-refractivity contribution in [3.05, 3.63) is 35.1 Å². The topological polar surface area (TPSA) is 37.3 Å². The second-order valence-corrected chi connectivity index (χ2v) is 6.36. The predicted octanol–water partition coefficient (Wildman–Crippen LogP) is 3.56. The van der Waals surface area contributed by atoms with Gasteiger partial charge in [-0.1, -0.05) is 20.8 Å². The van der Waals surface area contributed by atoms with Crippen molar-refractivity contribution in [2.45, 2.75) is 31.3 Å². The summed E-state index contributed by atoms with van der Waals surface area (Å²) in [5, 5.41) is 8.79. The number of hydrogen-bond acceptors (Lipinski definition) is 2. The van der Waals surface area contributed by atoms with Crippen LogP contribution in [0, 0.1) is 5.82 Å². The van der Waals surface area contributed by atoms with Crippen molar-refractivity contribution < 1.29 is 14.3 Å². The number of carboxylic acid groups (broad SMARTS) is 1. The van der Waals surface area contributed by atoms with E-state index in [0.717, 1.165) is 6.07 Å². The van der Waals surface area contributed by atoms with Crippen LogP contribution < -0.4 is 0 Å². The first-order valence-electron chi connectivity index (χ1n) is 4.95. The lowest BCUT2D eigenvalue weighted by atomic mass is 10.1. The van der Waals surface area contributed by atoms with Crippen molar-refractivity contribution in [2.75, 3.05) is 0 Å². The Hall–Kier alpha value is -1.03. The molecule has 4 heteroatoms. The normalized spacial score (nSPS) is 11.5. The molecule has 16 heavy (non-hydrogen) atoms. The van der Waals surface area contributed by atoms with Gasteiger partial charge in [0.2, 0.25) is 0 Å². The predicted molar refractivity (Wildman–Crippen MR) is 64.4 cm³/mol. The molecule has 0 fully saturated rings. The first-order valence-corrected chi connectivity index (χ1v) is 5.93. The number of carboxylic acids is 1. The average molecular weight is 242 g/mol. The zero-order valence-corrected chi connectivity index (χ0v) is 10.4. The minimum Gasteiger partial charge on any atom is -0.478 e. The minimum absolute atomic E-state index is 0.00418. The number of benzene rings is 1. The van der Waals surface area contributed by atoms with Gasteiger partial charge >= 0.3 is 5.97 Å². The number of rotatable bonds is 3. The Kier molecular flexibility index (Phi) is 3.97. The molecule has 0 aliphatic rings. The maximum absolute atomic E-state index is 13.1. The highest BCUT2D eigenvalue weighted by Crippen LogP contribution is 2.27. The zero-order valence-electron chi connectivity index (χ0n) is 9.58. The van der Waals surface area contributed by atoms with Gasteiger partial charge in [-0.15, -0.1) is 0 Å². The second kappa shape index (κ2) is 4.87. The Bertz CT molecular complexity index is 396. The highest BCUT2D eigenvalue weighted by molar-refractivity contribution is 7.99. The van der Waals surface area contributed by atoms with E-state index in [-0.39, 0.29) is 10.3 Å². The summed E-state index contributed by atoms with van der Waals surface area (Å²) < 4.78 is 13.2. The summed E-state index contributed by atoms with van der Waals surface area (Å²) in [4.78, 5) is 10.7. The lowest BCUT2D eigenvalue weighted by molar-refractivity contribution is 0.0696. The summed E-state index contributed by atoms with van der Waals surface area (Å²) in [6.07, 6.45) is 0. The van der Waals surface area contributed by atoms with Crippen LogP contribution in [0.1, 0.15) is 36.7 Å². The fraction of sp³-hybridized carbons (Fsp3) is 0.417. The third-order valence-electron chi connectivity index (χ3n) is 1.88. The van der Waals surface area contributed by atoms with Crippen molar-refractivity contribution in [2.24, 2.45) is 0 Å². The Labute approximate surface area is 98.9 Å². The number of halogens is 1. The maximum atomic E-state index is 13.1. The largest absolute Gasteiger partial charge is 0.478 e. The van der Waals surface area contributed by atoms with Gasteiger partial charge in [0.15, 0.2) is 0 Å². The molecule has 1 N–H and O–H groups in total. The number of aromatic carboxylic acids is 1. The van der Waals surface area contributed by atoms with Crippen LogP contribution in [0.2, 0.25) is 0 Å². The number of thioether (sulfide) groups is 1. The molecule has 0 atom stereocenters. The van der Waals surface area contributed by atoms with E-state index in [1.165, 1.54) is 12.1 Å². The molecule has 1 rings (SSSR count). The van der Waals surface area contributed by atoms with Crippen LogP contribution in [0.3, 0.4) is 0 Å². The molecule has 2 nitrogen and oxygen atoms in total. The lowest BCUT2D eigenvalue weighted by Crippen LogP contribution is -2.08. The summed E-state index contributed by atoms with van der Waals surface area (Å²) in [7, 11) is 0. The molecule has 0 amide bonds. The second-order valence-electron chi connectivity index (χ2n) is 4.55. The Morgan fingerprint density at radius 2 is 2.00 bits per heavy atom. The molecular formula is C12H15FO2S. The highest BCUT2D eigenvalue weighted by atomic mass is 32.2. The molecule has 1 aromatic carbocycles. The third kappa shape index (κ3) is 4.23. The smallest absolute Gasteiger partial charge is 0.335 e. The lowest BCUT2D eigenvalue weighted by Gasteiger charge is -2.17. The highest BCUT2D eigenvalue weighted by Gasteiger charge is 2.12. The molecule has 0 saturated carbocycles. The van der Waals surface area contributed by atoms with Crippen LogP contribution in [-0.4, -0.2) is 15.8 Å². The molecule has 0 heterocycles. The quantitative estimate of drug-likeness (QED) is 0.880. The zero-order chi connectivity index (χ0) is 12.3. The molecule has 0 saturated heterocycles. The molecule has 0 aliphatic heterocycles. The first-order chi connectivity index (χ1) is 7.28. The molecule has 0 unspecified atom stereocenters. The van der Waals surface area contributed by atoms with Gasteiger partial charge in [-0.3, -0.25) is 0 Å². The van der Waals surface area contributed by atoms with Gasteiger partial charge in [0.1, 0.15) is 5.82 Å².